The molecule has 1 aromatic rings. The number of carbonyl (C=O) groups excluding carboxylic acids is 1. The van der Waals surface area contributed by atoms with Gasteiger partial charge in [-0.15, -0.1) is 0 Å². The number of benzene rings is 1. The molecule has 0 amide bonds. The number of methoxy groups -OCH3 is 1. The second-order valence-electron chi connectivity index (χ2n) is 3.67. The highest BCUT2D eigenvalue weighted by molar-refractivity contribution is 5.69. The molecule has 0 heterocycles. The minimum Gasteiger partial charge on any atom is -0.497 e. The first-order valence-electron chi connectivity index (χ1n) is 5.65. The van der Waals surface area contributed by atoms with Gasteiger partial charge in [0.1, 0.15) is 12.4 Å². The van der Waals surface area contributed by atoms with Crippen LogP contribution in [0, 0.1) is 0 Å². The lowest BCUT2D eigenvalue weighted by Crippen LogP contribution is -2.04. The Kier molecular flexibility index (Phi) is 5.86. The maximum Gasteiger partial charge on any atom is 0.306 e. The third kappa shape index (κ3) is 5.20. The number of hydrogen-bond donors (Lipinski definition) is 0. The summed E-state index contributed by atoms with van der Waals surface area (Å²) >= 11 is 0. The smallest absolute Gasteiger partial charge is 0.306 e. The number of hydrogen-bond acceptors (Lipinski definition) is 3. The van der Waals surface area contributed by atoms with Gasteiger partial charge in [-0.25, -0.2) is 0 Å². The summed E-state index contributed by atoms with van der Waals surface area (Å²) in [5.74, 6) is 0.678. The first-order valence-corrected chi connectivity index (χ1v) is 5.65. The Hall–Kier alpha value is -1.77. The second kappa shape index (κ2) is 7.49. The molecule has 3 nitrogen and oxygen atoms in total. The van der Waals surface area contributed by atoms with E-state index in [0.717, 1.165) is 18.6 Å². The molecule has 92 valence electrons. The third-order valence-corrected chi connectivity index (χ3v) is 2.37. The fraction of sp³-hybridized carbons (Fsp3) is 0.357. The van der Waals surface area contributed by atoms with Gasteiger partial charge in [0.2, 0.25) is 0 Å². The molecule has 1 rings (SSSR count). The van der Waals surface area contributed by atoms with Crippen LogP contribution < -0.4 is 4.74 Å². The molecule has 0 aromatic heterocycles. The molecule has 0 atom stereocenters. The van der Waals surface area contributed by atoms with E-state index in [1.165, 1.54) is 5.56 Å². The Morgan fingerprint density at radius 3 is 2.65 bits per heavy atom. The lowest BCUT2D eigenvalue weighted by Gasteiger charge is -2.04. The van der Waals surface area contributed by atoms with Gasteiger partial charge in [-0.3, -0.25) is 4.79 Å². The van der Waals surface area contributed by atoms with E-state index in [0.29, 0.717) is 13.0 Å². The monoisotopic (exact) mass is 234 g/mol. The highest BCUT2D eigenvalue weighted by Gasteiger charge is 2.02. The van der Waals surface area contributed by atoms with E-state index < -0.39 is 0 Å². The number of aryl methyl sites for hydroxylation is 1. The first kappa shape index (κ1) is 13.3. The summed E-state index contributed by atoms with van der Waals surface area (Å²) in [6.07, 6.45) is 3.68. The SMILES string of the molecule is C=CCOC(=O)CCCc1ccc(OC)cc1. The van der Waals surface area contributed by atoms with Crippen molar-refractivity contribution in [3.05, 3.63) is 42.5 Å². The van der Waals surface area contributed by atoms with Crippen LogP contribution in [-0.2, 0) is 16.0 Å². The topological polar surface area (TPSA) is 35.5 Å². The summed E-state index contributed by atoms with van der Waals surface area (Å²) in [5.41, 5.74) is 1.20. The van der Waals surface area contributed by atoms with Gasteiger partial charge in [0.05, 0.1) is 7.11 Å². The van der Waals surface area contributed by atoms with E-state index in [4.69, 9.17) is 9.47 Å². The highest BCUT2D eigenvalue weighted by atomic mass is 16.5. The van der Waals surface area contributed by atoms with Gasteiger partial charge in [0.25, 0.3) is 0 Å². The van der Waals surface area contributed by atoms with E-state index in [-0.39, 0.29) is 5.97 Å². The molecule has 3 heteroatoms. The summed E-state index contributed by atoms with van der Waals surface area (Å²) in [7, 11) is 1.64. The van der Waals surface area contributed by atoms with Crippen molar-refractivity contribution >= 4 is 5.97 Å². The zero-order valence-corrected chi connectivity index (χ0v) is 10.1. The van der Waals surface area contributed by atoms with E-state index in [1.54, 1.807) is 13.2 Å². The van der Waals surface area contributed by atoms with Crippen molar-refractivity contribution in [3.63, 3.8) is 0 Å². The van der Waals surface area contributed by atoms with E-state index >= 15 is 0 Å². The van der Waals surface area contributed by atoms with Crippen LogP contribution in [0.5, 0.6) is 5.75 Å². The molecule has 0 aliphatic carbocycles. The van der Waals surface area contributed by atoms with Gasteiger partial charge in [0.15, 0.2) is 0 Å². The summed E-state index contributed by atoms with van der Waals surface area (Å²) < 4.78 is 9.96. The van der Waals surface area contributed by atoms with Crippen molar-refractivity contribution in [1.29, 1.82) is 0 Å². The molecule has 0 unspecified atom stereocenters. The number of ether oxygens (including phenoxy) is 2. The van der Waals surface area contributed by atoms with Crippen molar-refractivity contribution in [2.24, 2.45) is 0 Å². The van der Waals surface area contributed by atoms with Crippen LogP contribution in [0.3, 0.4) is 0 Å². The van der Waals surface area contributed by atoms with Crippen LogP contribution >= 0.6 is 0 Å². The van der Waals surface area contributed by atoms with Crippen LogP contribution in [-0.4, -0.2) is 19.7 Å². The van der Waals surface area contributed by atoms with Gasteiger partial charge < -0.3 is 9.47 Å². The van der Waals surface area contributed by atoms with Crippen LogP contribution in [0.25, 0.3) is 0 Å². The maximum absolute atomic E-state index is 11.2. The highest BCUT2D eigenvalue weighted by Crippen LogP contribution is 2.13. The third-order valence-electron chi connectivity index (χ3n) is 2.37. The molecule has 17 heavy (non-hydrogen) atoms. The van der Waals surface area contributed by atoms with Crippen LogP contribution in [0.15, 0.2) is 36.9 Å². The fourth-order valence-corrected chi connectivity index (χ4v) is 1.45. The Bertz CT molecular complexity index is 354. The Morgan fingerprint density at radius 1 is 1.35 bits per heavy atom. The predicted molar refractivity (Wildman–Crippen MR) is 67.1 cm³/mol. The minimum atomic E-state index is -0.168. The molecule has 0 aliphatic rings. The lowest BCUT2D eigenvalue weighted by atomic mass is 10.1. The molecule has 0 radical (unpaired) electrons. The Labute approximate surface area is 102 Å². The average Bonchev–Trinajstić information content (AvgIpc) is 2.37. The van der Waals surface area contributed by atoms with Crippen LogP contribution in [0.1, 0.15) is 18.4 Å². The first-order chi connectivity index (χ1) is 8.26. The van der Waals surface area contributed by atoms with Crippen molar-refractivity contribution in [2.45, 2.75) is 19.3 Å². The molecule has 1 aromatic carbocycles. The zero-order chi connectivity index (χ0) is 12.5. The van der Waals surface area contributed by atoms with E-state index in [1.807, 2.05) is 24.3 Å². The molecule has 0 saturated carbocycles. The van der Waals surface area contributed by atoms with Crippen LogP contribution in [0.2, 0.25) is 0 Å². The average molecular weight is 234 g/mol. The molecule has 0 fully saturated rings. The molecule has 0 N–H and O–H groups in total. The minimum absolute atomic E-state index is 0.168. The molecule has 0 bridgehead atoms. The second-order valence-corrected chi connectivity index (χ2v) is 3.67. The Balaban J connectivity index is 2.25. The summed E-state index contributed by atoms with van der Waals surface area (Å²) in [6.45, 7) is 3.78. The Morgan fingerprint density at radius 2 is 2.06 bits per heavy atom. The largest absolute Gasteiger partial charge is 0.497 e. The van der Waals surface area contributed by atoms with Crippen molar-refractivity contribution in [2.75, 3.05) is 13.7 Å². The molecular formula is C14H18O3. The van der Waals surface area contributed by atoms with Gasteiger partial charge in [-0.1, -0.05) is 24.8 Å². The van der Waals surface area contributed by atoms with E-state index in [2.05, 4.69) is 6.58 Å². The number of carbonyl (C=O) groups is 1. The summed E-state index contributed by atoms with van der Waals surface area (Å²) in [6, 6.07) is 7.86. The lowest BCUT2D eigenvalue weighted by molar-refractivity contribution is -0.142. The standard InChI is InChI=1S/C14H18O3/c1-3-11-17-14(15)6-4-5-12-7-9-13(16-2)10-8-12/h3,7-10H,1,4-6,11H2,2H3. The quantitative estimate of drug-likeness (QED) is 0.537. The van der Waals surface area contributed by atoms with Crippen molar-refractivity contribution in [1.82, 2.24) is 0 Å². The molecule has 0 aliphatic heterocycles. The summed E-state index contributed by atoms with van der Waals surface area (Å²) in [5, 5.41) is 0. The fourth-order valence-electron chi connectivity index (χ4n) is 1.45. The normalized spacial score (nSPS) is 9.71. The van der Waals surface area contributed by atoms with Gasteiger partial charge in [0, 0.05) is 6.42 Å². The van der Waals surface area contributed by atoms with Gasteiger partial charge in [-0.2, -0.15) is 0 Å². The van der Waals surface area contributed by atoms with Crippen LogP contribution in [0.4, 0.5) is 0 Å². The van der Waals surface area contributed by atoms with E-state index in [9.17, 15) is 4.79 Å². The number of rotatable bonds is 7. The molecular weight excluding hydrogens is 216 g/mol. The maximum atomic E-state index is 11.2. The molecule has 0 saturated heterocycles. The van der Waals surface area contributed by atoms with Gasteiger partial charge >= 0.3 is 5.97 Å². The molecule has 0 spiro atoms. The summed E-state index contributed by atoms with van der Waals surface area (Å²) in [4.78, 5) is 11.2. The van der Waals surface area contributed by atoms with Crippen molar-refractivity contribution in [3.8, 4) is 5.75 Å². The van der Waals surface area contributed by atoms with Crippen molar-refractivity contribution < 1.29 is 14.3 Å². The predicted octanol–water partition coefficient (Wildman–Crippen LogP) is 2.75. The zero-order valence-electron chi connectivity index (χ0n) is 10.1. The number of esters is 1. The van der Waals surface area contributed by atoms with Gasteiger partial charge in [-0.05, 0) is 30.5 Å².